The van der Waals surface area contributed by atoms with E-state index in [1.807, 2.05) is 0 Å². The first-order valence-electron chi connectivity index (χ1n) is 7.96. The Morgan fingerprint density at radius 3 is 2.96 bits per heavy atom. The number of carbonyl (C=O) groups is 1. The van der Waals surface area contributed by atoms with E-state index in [9.17, 15) is 14.9 Å². The van der Waals surface area contributed by atoms with Crippen LogP contribution in [0.3, 0.4) is 0 Å². The number of piperidine rings is 1. The molecular weight excluding hydrogens is 366 g/mol. The number of carbonyl (C=O) groups excluding carboxylic acids is 1. The molecule has 0 aromatic heterocycles. The smallest absolute Gasteiger partial charge is 0.311 e. The van der Waals surface area contributed by atoms with Gasteiger partial charge in [-0.2, -0.15) is 0 Å². The molecule has 9 heteroatoms. The van der Waals surface area contributed by atoms with Gasteiger partial charge in [-0.1, -0.05) is 6.07 Å². The molecule has 2 rings (SSSR count). The maximum absolute atomic E-state index is 11.9. The lowest BCUT2D eigenvalue weighted by molar-refractivity contribution is -0.385. The Labute approximate surface area is 157 Å². The lowest BCUT2D eigenvalue weighted by atomic mass is 10.00. The predicted molar refractivity (Wildman–Crippen MR) is 102 cm³/mol. The second-order valence-corrected chi connectivity index (χ2v) is 6.76. The minimum absolute atomic E-state index is 0. The lowest BCUT2D eigenvalue weighted by Gasteiger charge is -2.22. The number of hydrogen-bond acceptors (Lipinski definition) is 6. The van der Waals surface area contributed by atoms with Crippen molar-refractivity contribution in [3.8, 4) is 5.75 Å². The molecule has 1 aromatic rings. The van der Waals surface area contributed by atoms with Gasteiger partial charge in [-0.25, -0.2) is 0 Å². The molecule has 0 radical (unpaired) electrons. The SMILES string of the molecule is COc1ccc(CSCC(=O)NCC2CCCNC2)cc1[N+](=O)[O-].Cl. The normalized spacial score (nSPS) is 16.6. The molecule has 1 aliphatic rings. The van der Waals surface area contributed by atoms with Crippen molar-refractivity contribution in [3.63, 3.8) is 0 Å². The minimum atomic E-state index is -0.460. The third kappa shape index (κ3) is 7.09. The number of hydrogen-bond donors (Lipinski definition) is 2. The van der Waals surface area contributed by atoms with Crippen molar-refractivity contribution in [1.29, 1.82) is 0 Å². The molecule has 140 valence electrons. The van der Waals surface area contributed by atoms with E-state index in [-0.39, 0.29) is 29.8 Å². The maximum Gasteiger partial charge on any atom is 0.311 e. The van der Waals surface area contributed by atoms with Crippen LogP contribution in [-0.2, 0) is 10.5 Å². The summed E-state index contributed by atoms with van der Waals surface area (Å²) in [6.45, 7) is 2.73. The number of thioether (sulfide) groups is 1. The molecule has 1 fully saturated rings. The van der Waals surface area contributed by atoms with Crippen LogP contribution in [0.4, 0.5) is 5.69 Å². The molecule has 7 nitrogen and oxygen atoms in total. The standard InChI is InChI=1S/C16H23N3O4S.ClH/c1-23-15-5-4-12(7-14(15)19(21)22)10-24-11-16(20)18-9-13-3-2-6-17-8-13;/h4-5,7,13,17H,2-3,6,8-11H2,1H3,(H,18,20);1H. The summed E-state index contributed by atoms with van der Waals surface area (Å²) in [6.07, 6.45) is 2.31. The highest BCUT2D eigenvalue weighted by atomic mass is 35.5. The Morgan fingerprint density at radius 1 is 1.52 bits per heavy atom. The molecular formula is C16H24ClN3O4S. The van der Waals surface area contributed by atoms with E-state index in [1.165, 1.54) is 24.9 Å². The highest BCUT2D eigenvalue weighted by Gasteiger charge is 2.16. The fourth-order valence-corrected chi connectivity index (χ4v) is 3.44. The van der Waals surface area contributed by atoms with Crippen molar-refractivity contribution in [3.05, 3.63) is 33.9 Å². The van der Waals surface area contributed by atoms with E-state index in [2.05, 4.69) is 10.6 Å². The Balaban J connectivity index is 0.00000312. The Kier molecular flexibility index (Phi) is 9.62. The van der Waals surface area contributed by atoms with Gasteiger partial charge in [0.25, 0.3) is 0 Å². The molecule has 1 aromatic carbocycles. The molecule has 1 heterocycles. The number of rotatable bonds is 8. The highest BCUT2D eigenvalue weighted by Crippen LogP contribution is 2.28. The highest BCUT2D eigenvalue weighted by molar-refractivity contribution is 7.99. The summed E-state index contributed by atoms with van der Waals surface area (Å²) in [7, 11) is 1.41. The lowest BCUT2D eigenvalue weighted by Crippen LogP contribution is -2.38. The topological polar surface area (TPSA) is 93.5 Å². The van der Waals surface area contributed by atoms with Crippen molar-refractivity contribution in [2.24, 2.45) is 5.92 Å². The minimum Gasteiger partial charge on any atom is -0.490 e. The fourth-order valence-electron chi connectivity index (χ4n) is 2.64. The monoisotopic (exact) mass is 389 g/mol. The molecule has 25 heavy (non-hydrogen) atoms. The number of benzene rings is 1. The fraction of sp³-hybridized carbons (Fsp3) is 0.562. The molecule has 1 aliphatic heterocycles. The molecule has 0 spiro atoms. The average molecular weight is 390 g/mol. The van der Waals surface area contributed by atoms with Crippen LogP contribution in [0.15, 0.2) is 18.2 Å². The third-order valence-electron chi connectivity index (χ3n) is 3.93. The predicted octanol–water partition coefficient (Wildman–Crippen LogP) is 2.37. The quantitative estimate of drug-likeness (QED) is 0.523. The van der Waals surface area contributed by atoms with E-state index < -0.39 is 4.92 Å². The van der Waals surface area contributed by atoms with Gasteiger partial charge in [-0.3, -0.25) is 14.9 Å². The van der Waals surface area contributed by atoms with Crippen LogP contribution >= 0.6 is 24.2 Å². The summed E-state index contributed by atoms with van der Waals surface area (Å²) in [5, 5.41) is 17.3. The van der Waals surface area contributed by atoms with Crippen LogP contribution in [0.25, 0.3) is 0 Å². The Bertz CT molecular complexity index is 582. The number of halogens is 1. The number of ether oxygens (including phenoxy) is 1. The number of amides is 1. The first kappa shape index (κ1) is 21.5. The van der Waals surface area contributed by atoms with Gasteiger partial charge in [0.2, 0.25) is 5.91 Å². The van der Waals surface area contributed by atoms with E-state index >= 15 is 0 Å². The summed E-state index contributed by atoms with van der Waals surface area (Å²) in [6, 6.07) is 4.87. The molecule has 2 N–H and O–H groups in total. The van der Waals surface area contributed by atoms with Gasteiger partial charge in [0.05, 0.1) is 17.8 Å². The van der Waals surface area contributed by atoms with Crippen LogP contribution in [0.2, 0.25) is 0 Å². The van der Waals surface area contributed by atoms with E-state index in [0.29, 0.717) is 24.0 Å². The van der Waals surface area contributed by atoms with Crippen molar-refractivity contribution < 1.29 is 14.5 Å². The van der Waals surface area contributed by atoms with Crippen molar-refractivity contribution >= 4 is 35.8 Å². The number of nitro benzene ring substituents is 1. The van der Waals surface area contributed by atoms with Crippen molar-refractivity contribution in [2.75, 3.05) is 32.5 Å². The van der Waals surface area contributed by atoms with E-state index in [1.54, 1.807) is 12.1 Å². The van der Waals surface area contributed by atoms with Gasteiger partial charge < -0.3 is 15.4 Å². The molecule has 0 aliphatic carbocycles. The molecule has 1 unspecified atom stereocenters. The Morgan fingerprint density at radius 2 is 2.32 bits per heavy atom. The summed E-state index contributed by atoms with van der Waals surface area (Å²) < 4.78 is 4.98. The van der Waals surface area contributed by atoms with Gasteiger partial charge in [-0.15, -0.1) is 24.2 Å². The van der Waals surface area contributed by atoms with Gasteiger partial charge in [0.1, 0.15) is 0 Å². The first-order valence-corrected chi connectivity index (χ1v) is 9.12. The number of nitro groups is 1. The van der Waals surface area contributed by atoms with Gasteiger partial charge in [0, 0.05) is 18.4 Å². The number of nitrogens with one attached hydrogen (secondary N) is 2. The molecule has 0 saturated carbocycles. The Hall–Kier alpha value is -1.51. The maximum atomic E-state index is 11.9. The second kappa shape index (κ2) is 11.2. The third-order valence-corrected chi connectivity index (χ3v) is 4.93. The van der Waals surface area contributed by atoms with Gasteiger partial charge in [0.15, 0.2) is 5.75 Å². The average Bonchev–Trinajstić information content (AvgIpc) is 2.60. The molecule has 0 bridgehead atoms. The van der Waals surface area contributed by atoms with Gasteiger partial charge >= 0.3 is 5.69 Å². The van der Waals surface area contributed by atoms with Crippen LogP contribution in [0.5, 0.6) is 5.75 Å². The number of nitrogens with zero attached hydrogens (tertiary/aromatic N) is 1. The molecule has 1 saturated heterocycles. The van der Waals surface area contributed by atoms with E-state index in [4.69, 9.17) is 4.74 Å². The van der Waals surface area contributed by atoms with Crippen molar-refractivity contribution in [2.45, 2.75) is 18.6 Å². The van der Waals surface area contributed by atoms with Crippen LogP contribution < -0.4 is 15.4 Å². The number of methoxy groups -OCH3 is 1. The summed E-state index contributed by atoms with van der Waals surface area (Å²) in [5.41, 5.74) is 0.752. The van der Waals surface area contributed by atoms with Crippen molar-refractivity contribution in [1.82, 2.24) is 10.6 Å². The largest absolute Gasteiger partial charge is 0.490 e. The van der Waals surface area contributed by atoms with Crippen LogP contribution in [0, 0.1) is 16.0 Å². The van der Waals surface area contributed by atoms with E-state index in [0.717, 1.165) is 31.5 Å². The summed E-state index contributed by atoms with van der Waals surface area (Å²) >= 11 is 1.44. The zero-order chi connectivity index (χ0) is 17.4. The summed E-state index contributed by atoms with van der Waals surface area (Å²) in [4.78, 5) is 22.4. The first-order chi connectivity index (χ1) is 11.6. The van der Waals surface area contributed by atoms with Crippen LogP contribution in [0.1, 0.15) is 18.4 Å². The van der Waals surface area contributed by atoms with Crippen LogP contribution in [-0.4, -0.2) is 43.3 Å². The van der Waals surface area contributed by atoms with Gasteiger partial charge in [-0.05, 0) is 43.5 Å². The zero-order valence-corrected chi connectivity index (χ0v) is 15.8. The zero-order valence-electron chi connectivity index (χ0n) is 14.2. The molecule has 1 atom stereocenters. The summed E-state index contributed by atoms with van der Waals surface area (Å²) in [5.74, 6) is 1.65. The molecule has 1 amide bonds. The second-order valence-electron chi connectivity index (χ2n) is 5.77.